The molecule has 2 N–H and O–H groups in total. The van der Waals surface area contributed by atoms with Crippen molar-refractivity contribution in [1.82, 2.24) is 5.32 Å². The van der Waals surface area contributed by atoms with E-state index in [1.165, 1.54) is 0 Å². The zero-order valence-electron chi connectivity index (χ0n) is 24.5. The minimum absolute atomic E-state index is 0.0665. The lowest BCUT2D eigenvalue weighted by Crippen LogP contribution is -2.56. The Bertz CT molecular complexity index is 1420. The van der Waals surface area contributed by atoms with Crippen LogP contribution in [0.2, 0.25) is 0 Å². The summed E-state index contributed by atoms with van der Waals surface area (Å²) in [6, 6.07) is 36.3. The quantitative estimate of drug-likeness (QED) is 0.199. The third-order valence-corrected chi connectivity index (χ3v) is 9.72. The average Bonchev–Trinajstić information content (AvgIpc) is 3.20. The minimum atomic E-state index is -0.800. The molecule has 2 heterocycles. The van der Waals surface area contributed by atoms with Gasteiger partial charge in [-0.15, -0.1) is 11.6 Å². The van der Waals surface area contributed by atoms with E-state index in [9.17, 15) is 9.90 Å². The van der Waals surface area contributed by atoms with Gasteiger partial charge in [0.25, 0.3) is 0 Å². The fraction of sp³-hybridized carbons (Fsp3) is 0.306. The Morgan fingerprint density at radius 3 is 1.91 bits per heavy atom. The van der Waals surface area contributed by atoms with E-state index in [0.29, 0.717) is 11.6 Å². The molecule has 0 aliphatic carbocycles. The molecule has 0 saturated carbocycles. The zero-order valence-corrected chi connectivity index (χ0v) is 25.2. The van der Waals surface area contributed by atoms with Gasteiger partial charge < -0.3 is 19.6 Å². The molecular formula is C36H38ClN3O3. The number of anilines is 2. The standard InChI is InChI=1S/C36H38ClN3O3/c1-39-32-23-30(40-21-19-35(25-37,26-41)20-22-40)17-18-33(32)43-24-31(34(39)42)38-36(27-11-5-2-6-12-27,28-13-7-3-8-14-28)29-15-9-4-10-16-29/h2-18,23,31,38,41H,19-22,24-26H2,1H3/t31-/m0/s1. The maximum Gasteiger partial charge on any atom is 0.247 e. The number of amides is 1. The third kappa shape index (κ3) is 5.51. The molecule has 2 aliphatic rings. The number of hydrogen-bond acceptors (Lipinski definition) is 5. The number of hydrogen-bond donors (Lipinski definition) is 2. The largest absolute Gasteiger partial charge is 0.489 e. The molecule has 1 amide bonds. The van der Waals surface area contributed by atoms with Crippen molar-refractivity contribution in [3.63, 3.8) is 0 Å². The van der Waals surface area contributed by atoms with Crippen LogP contribution in [0.25, 0.3) is 0 Å². The van der Waals surface area contributed by atoms with Crippen molar-refractivity contribution in [2.75, 3.05) is 49.0 Å². The predicted octanol–water partition coefficient (Wildman–Crippen LogP) is 5.81. The van der Waals surface area contributed by atoms with Crippen LogP contribution in [-0.2, 0) is 10.3 Å². The van der Waals surface area contributed by atoms with Crippen LogP contribution < -0.4 is 19.9 Å². The number of carbonyl (C=O) groups excluding carboxylic acids is 1. The Balaban J connectivity index is 1.34. The molecule has 222 valence electrons. The van der Waals surface area contributed by atoms with Crippen LogP contribution in [0.5, 0.6) is 5.75 Å². The van der Waals surface area contributed by atoms with Crippen LogP contribution in [0, 0.1) is 5.41 Å². The van der Waals surface area contributed by atoms with Crippen LogP contribution in [0.4, 0.5) is 11.4 Å². The van der Waals surface area contributed by atoms with Gasteiger partial charge in [-0.05, 0) is 47.7 Å². The van der Waals surface area contributed by atoms with E-state index >= 15 is 0 Å². The minimum Gasteiger partial charge on any atom is -0.489 e. The lowest BCUT2D eigenvalue weighted by Gasteiger charge is -2.40. The number of nitrogens with zero attached hydrogens (tertiary/aromatic N) is 2. The Morgan fingerprint density at radius 1 is 0.884 bits per heavy atom. The third-order valence-electron chi connectivity index (χ3n) is 9.16. The summed E-state index contributed by atoms with van der Waals surface area (Å²) < 4.78 is 6.37. The summed E-state index contributed by atoms with van der Waals surface area (Å²) in [5.41, 5.74) is 3.86. The van der Waals surface area contributed by atoms with Crippen molar-refractivity contribution in [1.29, 1.82) is 0 Å². The number of alkyl halides is 1. The highest BCUT2D eigenvalue weighted by Gasteiger charge is 2.42. The molecule has 0 spiro atoms. The van der Waals surface area contributed by atoms with Crippen molar-refractivity contribution in [2.24, 2.45) is 5.41 Å². The second-order valence-electron chi connectivity index (χ2n) is 11.7. The summed E-state index contributed by atoms with van der Waals surface area (Å²) in [6.07, 6.45) is 1.64. The molecule has 7 heteroatoms. The highest BCUT2D eigenvalue weighted by atomic mass is 35.5. The van der Waals surface area contributed by atoms with E-state index in [1.54, 1.807) is 4.90 Å². The molecule has 6 nitrogen and oxygen atoms in total. The van der Waals surface area contributed by atoms with E-state index in [2.05, 4.69) is 52.7 Å². The second kappa shape index (κ2) is 12.4. The van der Waals surface area contributed by atoms with Crippen LogP contribution in [0.3, 0.4) is 0 Å². The number of likely N-dealkylation sites (N-methyl/N-ethyl adjacent to an activating group) is 1. The first-order valence-corrected chi connectivity index (χ1v) is 15.4. The average molecular weight is 596 g/mol. The fourth-order valence-electron chi connectivity index (χ4n) is 6.44. The Labute approximate surface area is 258 Å². The predicted molar refractivity (Wildman–Crippen MR) is 173 cm³/mol. The summed E-state index contributed by atoms with van der Waals surface area (Å²) in [6.45, 7) is 1.87. The van der Waals surface area contributed by atoms with E-state index in [1.807, 2.05) is 73.8 Å². The fourth-order valence-corrected chi connectivity index (χ4v) is 6.79. The lowest BCUT2D eigenvalue weighted by molar-refractivity contribution is -0.121. The Morgan fingerprint density at radius 2 is 1.42 bits per heavy atom. The number of piperidine rings is 1. The molecule has 6 rings (SSSR count). The molecule has 4 aromatic rings. The molecule has 1 saturated heterocycles. The van der Waals surface area contributed by atoms with Crippen molar-refractivity contribution in [3.8, 4) is 5.75 Å². The van der Waals surface area contributed by atoms with Gasteiger partial charge in [-0.2, -0.15) is 0 Å². The highest BCUT2D eigenvalue weighted by molar-refractivity contribution is 6.18. The topological polar surface area (TPSA) is 65.0 Å². The van der Waals surface area contributed by atoms with Crippen molar-refractivity contribution in [2.45, 2.75) is 24.4 Å². The van der Waals surface area contributed by atoms with Gasteiger partial charge in [0.05, 0.1) is 11.2 Å². The van der Waals surface area contributed by atoms with E-state index in [4.69, 9.17) is 16.3 Å². The van der Waals surface area contributed by atoms with E-state index in [-0.39, 0.29) is 24.5 Å². The van der Waals surface area contributed by atoms with Crippen LogP contribution in [0.15, 0.2) is 109 Å². The van der Waals surface area contributed by atoms with E-state index < -0.39 is 11.6 Å². The smallest absolute Gasteiger partial charge is 0.247 e. The second-order valence-corrected chi connectivity index (χ2v) is 12.0. The Kier molecular flexibility index (Phi) is 8.44. The number of aliphatic hydroxyl groups is 1. The number of nitrogens with one attached hydrogen (secondary N) is 1. The number of benzene rings is 4. The number of fused-ring (bicyclic) bond motifs is 1. The lowest BCUT2D eigenvalue weighted by atomic mass is 9.76. The number of rotatable bonds is 8. The first kappa shape index (κ1) is 29.2. The molecule has 2 aliphatic heterocycles. The van der Waals surface area contributed by atoms with E-state index in [0.717, 1.165) is 54.0 Å². The zero-order chi connectivity index (χ0) is 29.9. The maximum absolute atomic E-state index is 14.3. The van der Waals surface area contributed by atoms with Crippen LogP contribution >= 0.6 is 11.6 Å². The Hall–Kier alpha value is -3.84. The monoisotopic (exact) mass is 595 g/mol. The number of aliphatic hydroxyl groups excluding tert-OH is 1. The molecule has 0 radical (unpaired) electrons. The molecule has 0 aromatic heterocycles. The van der Waals surface area contributed by atoms with Crippen molar-refractivity contribution >= 4 is 28.9 Å². The first-order chi connectivity index (χ1) is 21.0. The number of carbonyl (C=O) groups is 1. The van der Waals surface area contributed by atoms with Crippen LogP contribution in [0.1, 0.15) is 29.5 Å². The molecule has 1 atom stereocenters. The van der Waals surface area contributed by atoms with Crippen molar-refractivity contribution < 1.29 is 14.6 Å². The normalized spacial score (nSPS) is 18.5. The number of ether oxygens (including phenoxy) is 1. The van der Waals surface area contributed by atoms with Crippen molar-refractivity contribution in [3.05, 3.63) is 126 Å². The first-order valence-electron chi connectivity index (χ1n) is 14.9. The van der Waals surface area contributed by atoms with Gasteiger partial charge in [-0.1, -0.05) is 91.0 Å². The SMILES string of the molecule is CN1C(=O)[C@@H](NC(c2ccccc2)(c2ccccc2)c2ccccc2)COc2ccc(N3CCC(CO)(CCl)CC3)cc21. The summed E-state index contributed by atoms with van der Waals surface area (Å²) in [5, 5.41) is 13.7. The van der Waals surface area contributed by atoms with Gasteiger partial charge >= 0.3 is 0 Å². The molecule has 0 unspecified atom stereocenters. The summed E-state index contributed by atoms with van der Waals surface area (Å²) in [7, 11) is 1.82. The summed E-state index contributed by atoms with van der Waals surface area (Å²) >= 11 is 6.21. The van der Waals surface area contributed by atoms with Gasteiger partial charge in [-0.25, -0.2) is 0 Å². The van der Waals surface area contributed by atoms with Gasteiger partial charge in [0.15, 0.2) is 0 Å². The van der Waals surface area contributed by atoms with Gasteiger partial charge in [0, 0.05) is 43.7 Å². The maximum atomic E-state index is 14.3. The van der Waals surface area contributed by atoms with Gasteiger partial charge in [0.1, 0.15) is 18.4 Å². The van der Waals surface area contributed by atoms with Crippen LogP contribution in [-0.4, -0.2) is 56.3 Å². The molecular weight excluding hydrogens is 558 g/mol. The summed E-state index contributed by atoms with van der Waals surface area (Å²) in [4.78, 5) is 18.3. The van der Waals surface area contributed by atoms with Gasteiger partial charge in [0.2, 0.25) is 5.91 Å². The molecule has 4 aromatic carbocycles. The molecule has 43 heavy (non-hydrogen) atoms. The number of halogens is 1. The highest BCUT2D eigenvalue weighted by Crippen LogP contribution is 2.41. The molecule has 0 bridgehead atoms. The molecule has 1 fully saturated rings. The van der Waals surface area contributed by atoms with Gasteiger partial charge in [-0.3, -0.25) is 10.1 Å². The summed E-state index contributed by atoms with van der Waals surface area (Å²) in [5.74, 6) is 1.07.